The minimum absolute atomic E-state index is 0. The van der Waals surface area contributed by atoms with E-state index in [1.54, 1.807) is 0 Å². The van der Waals surface area contributed by atoms with Crippen LogP contribution < -0.4 is 0 Å². The van der Waals surface area contributed by atoms with Crippen LogP contribution in [0.5, 0.6) is 0 Å². The van der Waals surface area contributed by atoms with Gasteiger partial charge in [0.1, 0.15) is 0 Å². The van der Waals surface area contributed by atoms with E-state index in [4.69, 9.17) is 0 Å². The Morgan fingerprint density at radius 1 is 0.667 bits per heavy atom. The maximum atomic E-state index is 10.4. The summed E-state index contributed by atoms with van der Waals surface area (Å²) in [4.78, 5) is 0. The number of nitrogens with zero attached hydrogens (tertiary/aromatic N) is 2. The quantitative estimate of drug-likeness (QED) is 0.535. The van der Waals surface area contributed by atoms with E-state index >= 15 is 0 Å². The average Bonchev–Trinajstić information content (AvgIpc) is 2.40. The summed E-state index contributed by atoms with van der Waals surface area (Å²) in [6, 6.07) is 0. The molecular formula is C12H24CuN2O4S2. The zero-order valence-corrected chi connectivity index (χ0v) is 15.0. The third kappa shape index (κ3) is 8.52. The fraction of sp³-hybridized carbons (Fsp3) is 1.00. The van der Waals surface area contributed by atoms with Crippen molar-refractivity contribution in [1.82, 2.24) is 8.61 Å². The van der Waals surface area contributed by atoms with E-state index in [1.165, 1.54) is 8.61 Å². The molecule has 0 aromatic carbocycles. The van der Waals surface area contributed by atoms with E-state index < -0.39 is 21.8 Å². The summed E-state index contributed by atoms with van der Waals surface area (Å²) in [5.41, 5.74) is 0. The van der Waals surface area contributed by atoms with Gasteiger partial charge in [-0.1, -0.05) is 13.8 Å². The SMILES string of the molecule is CC1CCN([S-](=O)=O)CC1.CC1CCN([S-](=O)=O)CC1.[Cu+2]. The van der Waals surface area contributed by atoms with Crippen molar-refractivity contribution in [3.05, 3.63) is 0 Å². The van der Waals surface area contributed by atoms with Crippen molar-refractivity contribution in [3.63, 3.8) is 0 Å². The van der Waals surface area contributed by atoms with Gasteiger partial charge in [0.05, 0.1) is 0 Å². The zero-order valence-electron chi connectivity index (χ0n) is 12.5. The van der Waals surface area contributed by atoms with Gasteiger partial charge in [0.15, 0.2) is 0 Å². The summed E-state index contributed by atoms with van der Waals surface area (Å²) >= 11 is 0. The van der Waals surface area contributed by atoms with Gasteiger partial charge in [0.2, 0.25) is 0 Å². The van der Waals surface area contributed by atoms with Crippen molar-refractivity contribution in [3.8, 4) is 0 Å². The van der Waals surface area contributed by atoms with Crippen LogP contribution in [0, 0.1) is 11.8 Å². The van der Waals surface area contributed by atoms with Gasteiger partial charge >= 0.3 is 17.1 Å². The maximum Gasteiger partial charge on any atom is 2.00 e. The monoisotopic (exact) mass is 387 g/mol. The molecule has 2 saturated heterocycles. The first-order valence-electron chi connectivity index (χ1n) is 7.08. The third-order valence-corrected chi connectivity index (χ3v) is 5.48. The van der Waals surface area contributed by atoms with Gasteiger partial charge in [0.25, 0.3) is 0 Å². The molecule has 9 heteroatoms. The van der Waals surface area contributed by atoms with Crippen LogP contribution in [-0.4, -0.2) is 34.8 Å². The summed E-state index contributed by atoms with van der Waals surface area (Å²) < 4.78 is 44.5. The van der Waals surface area contributed by atoms with E-state index in [0.29, 0.717) is 38.0 Å². The summed E-state index contributed by atoms with van der Waals surface area (Å²) in [6.07, 6.45) is 4.03. The van der Waals surface area contributed by atoms with Crippen molar-refractivity contribution >= 4 is 21.8 Å². The Morgan fingerprint density at radius 3 is 1.10 bits per heavy atom. The molecule has 0 atom stereocenters. The van der Waals surface area contributed by atoms with E-state index in [0.717, 1.165) is 25.7 Å². The predicted octanol–water partition coefficient (Wildman–Crippen LogP) is 1.88. The van der Waals surface area contributed by atoms with Gasteiger partial charge < -0.3 is 25.4 Å². The number of piperidine rings is 2. The van der Waals surface area contributed by atoms with Gasteiger partial charge in [-0.05, 0) is 85.5 Å². The first-order chi connectivity index (χ1) is 9.40. The average molecular weight is 388 g/mol. The molecule has 2 heterocycles. The van der Waals surface area contributed by atoms with Crippen LogP contribution in [0.15, 0.2) is 0 Å². The van der Waals surface area contributed by atoms with Crippen molar-refractivity contribution in [2.75, 3.05) is 26.2 Å². The van der Waals surface area contributed by atoms with Crippen LogP contribution in [0.2, 0.25) is 0 Å². The van der Waals surface area contributed by atoms with Gasteiger partial charge in [0, 0.05) is 0 Å². The maximum absolute atomic E-state index is 10.4. The predicted molar refractivity (Wildman–Crippen MR) is 77.4 cm³/mol. The Kier molecular flexibility index (Phi) is 11.1. The molecule has 129 valence electrons. The smallest absolute Gasteiger partial charge is 0.409 e. The normalized spacial score (nSPS) is 22.7. The molecule has 6 nitrogen and oxygen atoms in total. The molecule has 0 unspecified atom stereocenters. The second-order valence-corrected chi connectivity index (χ2v) is 7.56. The zero-order chi connectivity index (χ0) is 15.1. The molecule has 0 amide bonds. The minimum Gasteiger partial charge on any atom is -0.409 e. The number of hydrogen-bond acceptors (Lipinski definition) is 6. The standard InChI is InChI=1S/2C6H12NO2S.Cu/c2*1-6-2-4-7(5-3-6)10(8)9;/h2*6H,2-5H2,1H3;/q2*-1;+2. The van der Waals surface area contributed by atoms with Crippen LogP contribution in [0.4, 0.5) is 0 Å². The van der Waals surface area contributed by atoms with Crippen molar-refractivity contribution in [2.45, 2.75) is 39.5 Å². The minimum atomic E-state index is -1.98. The number of rotatable bonds is 2. The fourth-order valence-corrected chi connectivity index (χ4v) is 3.29. The van der Waals surface area contributed by atoms with Gasteiger partial charge in [-0.3, -0.25) is 0 Å². The van der Waals surface area contributed by atoms with E-state index in [1.807, 2.05) is 0 Å². The molecule has 0 spiro atoms. The molecule has 0 N–H and O–H groups in total. The molecule has 2 fully saturated rings. The molecule has 2 rings (SSSR count). The summed E-state index contributed by atoms with van der Waals surface area (Å²) in [5, 5.41) is 0. The molecule has 0 aromatic heterocycles. The molecule has 0 aliphatic carbocycles. The first kappa shape index (κ1) is 21.3. The second-order valence-electron chi connectivity index (χ2n) is 5.66. The third-order valence-electron chi connectivity index (χ3n) is 3.91. The van der Waals surface area contributed by atoms with Crippen LogP contribution in [0.1, 0.15) is 39.5 Å². The Balaban J connectivity index is 0.000000364. The summed E-state index contributed by atoms with van der Waals surface area (Å²) in [6.45, 7) is 7.14. The Labute approximate surface area is 141 Å². The Bertz CT molecular complexity index is 371. The van der Waals surface area contributed by atoms with E-state index in [9.17, 15) is 16.8 Å². The first-order valence-corrected chi connectivity index (χ1v) is 9.15. The molecule has 1 radical (unpaired) electrons. The van der Waals surface area contributed by atoms with Crippen molar-refractivity contribution in [1.29, 1.82) is 0 Å². The van der Waals surface area contributed by atoms with Crippen LogP contribution in [-0.2, 0) is 55.7 Å². The van der Waals surface area contributed by atoms with Crippen molar-refractivity contribution < 1.29 is 33.9 Å². The topological polar surface area (TPSA) is 74.8 Å². The molecule has 2 aliphatic heterocycles. The van der Waals surface area contributed by atoms with Gasteiger partial charge in [-0.25, -0.2) is 0 Å². The molecule has 0 saturated carbocycles. The van der Waals surface area contributed by atoms with Gasteiger partial charge in [-0.2, -0.15) is 0 Å². The molecule has 2 aliphatic rings. The van der Waals surface area contributed by atoms with E-state index in [-0.39, 0.29) is 17.1 Å². The fourth-order valence-electron chi connectivity index (χ4n) is 2.27. The largest absolute Gasteiger partial charge is 2.00 e. The van der Waals surface area contributed by atoms with E-state index in [2.05, 4.69) is 13.8 Å². The van der Waals surface area contributed by atoms with Crippen molar-refractivity contribution in [2.24, 2.45) is 11.8 Å². The van der Waals surface area contributed by atoms with Crippen LogP contribution in [0.25, 0.3) is 0 Å². The summed E-state index contributed by atoms with van der Waals surface area (Å²) in [5.74, 6) is 1.39. The second kappa shape index (κ2) is 11.0. The Hall–Kier alpha value is 0.339. The number of hydrogen-bond donors (Lipinski definition) is 0. The molecular weight excluding hydrogens is 364 g/mol. The van der Waals surface area contributed by atoms with Crippen LogP contribution >= 0.6 is 0 Å². The molecule has 21 heavy (non-hydrogen) atoms. The molecule has 0 aromatic rings. The molecule has 0 bridgehead atoms. The van der Waals surface area contributed by atoms with Crippen LogP contribution in [0.3, 0.4) is 0 Å². The summed E-state index contributed by atoms with van der Waals surface area (Å²) in [7, 11) is -3.97. The Morgan fingerprint density at radius 2 is 0.905 bits per heavy atom. The van der Waals surface area contributed by atoms with Gasteiger partial charge in [-0.15, -0.1) is 0 Å².